The van der Waals surface area contributed by atoms with Gasteiger partial charge in [-0.05, 0) is 24.5 Å². The molecule has 0 fully saturated rings. The number of hydrogen-bond donors (Lipinski definition) is 0. The zero-order valence-corrected chi connectivity index (χ0v) is 8.88. The molecular weight excluding hydrogens is 179 g/mol. The van der Waals surface area contributed by atoms with Crippen molar-refractivity contribution in [2.24, 2.45) is 0 Å². The summed E-state index contributed by atoms with van der Waals surface area (Å²) in [5.41, 5.74) is 1.50. The summed E-state index contributed by atoms with van der Waals surface area (Å²) in [7, 11) is 5.04. The molecule has 0 spiro atoms. The van der Waals surface area contributed by atoms with E-state index in [1.54, 1.807) is 26.4 Å². The van der Waals surface area contributed by atoms with Gasteiger partial charge in [-0.3, -0.25) is 4.79 Å². The van der Waals surface area contributed by atoms with Crippen LogP contribution in [-0.4, -0.2) is 27.8 Å². The van der Waals surface area contributed by atoms with Crippen LogP contribution in [-0.2, 0) is 0 Å². The lowest BCUT2D eigenvalue weighted by Crippen LogP contribution is -2.12. The highest BCUT2D eigenvalue weighted by Crippen LogP contribution is 2.19. The highest BCUT2D eigenvalue weighted by atomic mass is 16.5. The Hall–Kier alpha value is -1.45. The van der Waals surface area contributed by atoms with Gasteiger partial charge in [0.2, 0.25) is 0 Å². The van der Waals surface area contributed by atoms with E-state index in [-0.39, 0.29) is 5.78 Å². The largest absolute Gasteiger partial charge is 0.497 e. The van der Waals surface area contributed by atoms with Crippen LogP contribution in [0.4, 0.5) is 0 Å². The van der Waals surface area contributed by atoms with Crippen LogP contribution in [0.5, 0.6) is 11.5 Å². The Morgan fingerprint density at radius 2 is 1.64 bits per heavy atom. The summed E-state index contributed by atoms with van der Waals surface area (Å²) in [6.45, 7) is 1.52. The monoisotopic (exact) mass is 192 g/mol. The SMILES string of the molecule is Bc1c(OC)cc(C(C)=O)cc1OC. The van der Waals surface area contributed by atoms with E-state index in [1.165, 1.54) is 6.92 Å². The van der Waals surface area contributed by atoms with Crippen molar-refractivity contribution in [2.75, 3.05) is 14.2 Å². The van der Waals surface area contributed by atoms with Crippen molar-refractivity contribution in [2.45, 2.75) is 6.92 Å². The lowest BCUT2D eigenvalue weighted by molar-refractivity contribution is 0.101. The molecule has 0 aliphatic carbocycles. The van der Waals surface area contributed by atoms with Gasteiger partial charge in [0.1, 0.15) is 19.3 Å². The van der Waals surface area contributed by atoms with Crippen molar-refractivity contribution in [3.8, 4) is 11.5 Å². The molecule has 0 aliphatic heterocycles. The van der Waals surface area contributed by atoms with Gasteiger partial charge in [0, 0.05) is 5.56 Å². The average molecular weight is 192 g/mol. The maximum Gasteiger partial charge on any atom is 0.160 e. The topological polar surface area (TPSA) is 35.5 Å². The van der Waals surface area contributed by atoms with Gasteiger partial charge in [0.25, 0.3) is 0 Å². The van der Waals surface area contributed by atoms with E-state index >= 15 is 0 Å². The van der Waals surface area contributed by atoms with Crippen LogP contribution in [0.25, 0.3) is 0 Å². The van der Waals surface area contributed by atoms with E-state index in [2.05, 4.69) is 0 Å². The number of rotatable bonds is 3. The van der Waals surface area contributed by atoms with Gasteiger partial charge in [-0.2, -0.15) is 0 Å². The maximum atomic E-state index is 11.2. The zero-order chi connectivity index (χ0) is 10.7. The Balaban J connectivity index is 3.32. The van der Waals surface area contributed by atoms with Gasteiger partial charge >= 0.3 is 0 Å². The predicted octanol–water partition coefficient (Wildman–Crippen LogP) is 0.165. The minimum atomic E-state index is 0.00148. The summed E-state index contributed by atoms with van der Waals surface area (Å²) in [6, 6.07) is 3.44. The third kappa shape index (κ3) is 1.89. The van der Waals surface area contributed by atoms with Crippen LogP contribution in [0.15, 0.2) is 12.1 Å². The first-order valence-electron chi connectivity index (χ1n) is 4.33. The molecule has 3 nitrogen and oxygen atoms in total. The van der Waals surface area contributed by atoms with E-state index < -0.39 is 0 Å². The molecule has 0 N–H and O–H groups in total. The van der Waals surface area contributed by atoms with Crippen molar-refractivity contribution < 1.29 is 14.3 Å². The number of benzene rings is 1. The summed E-state index contributed by atoms with van der Waals surface area (Å²) >= 11 is 0. The molecule has 4 heteroatoms. The van der Waals surface area contributed by atoms with Gasteiger partial charge in [0.05, 0.1) is 14.2 Å². The van der Waals surface area contributed by atoms with Crippen LogP contribution in [0.2, 0.25) is 0 Å². The first-order valence-corrected chi connectivity index (χ1v) is 4.33. The van der Waals surface area contributed by atoms with E-state index in [0.29, 0.717) is 17.1 Å². The van der Waals surface area contributed by atoms with Gasteiger partial charge in [-0.1, -0.05) is 0 Å². The van der Waals surface area contributed by atoms with Crippen molar-refractivity contribution >= 4 is 19.1 Å². The second-order valence-electron chi connectivity index (χ2n) is 3.06. The second-order valence-corrected chi connectivity index (χ2v) is 3.06. The van der Waals surface area contributed by atoms with E-state index in [9.17, 15) is 4.79 Å². The Bertz CT molecular complexity index is 335. The third-order valence-electron chi connectivity index (χ3n) is 2.16. The molecule has 0 aliphatic rings. The Morgan fingerprint density at radius 3 is 1.93 bits per heavy atom. The van der Waals surface area contributed by atoms with Gasteiger partial charge in [-0.25, -0.2) is 0 Å². The Labute approximate surface area is 84.4 Å². The predicted molar refractivity (Wildman–Crippen MR) is 57.7 cm³/mol. The normalized spacial score (nSPS) is 9.64. The average Bonchev–Trinajstić information content (AvgIpc) is 2.17. The Kier molecular flexibility index (Phi) is 3.17. The van der Waals surface area contributed by atoms with E-state index in [0.717, 1.165) is 5.46 Å². The smallest absolute Gasteiger partial charge is 0.160 e. The maximum absolute atomic E-state index is 11.2. The number of carbonyl (C=O) groups excluding carboxylic acids is 1. The fourth-order valence-electron chi connectivity index (χ4n) is 1.29. The molecular formula is C10H13BO3. The molecule has 0 atom stereocenters. The minimum Gasteiger partial charge on any atom is -0.497 e. The molecule has 74 valence electrons. The fraction of sp³-hybridized carbons (Fsp3) is 0.300. The molecule has 1 aromatic carbocycles. The van der Waals surface area contributed by atoms with Crippen LogP contribution < -0.4 is 14.9 Å². The van der Waals surface area contributed by atoms with Crippen LogP contribution in [0, 0.1) is 0 Å². The summed E-state index contributed by atoms with van der Waals surface area (Å²) in [5.74, 6) is 1.35. The van der Waals surface area contributed by atoms with Crippen molar-refractivity contribution in [3.63, 3.8) is 0 Å². The number of Topliss-reactive ketones (excluding diaryl/α,β-unsaturated/α-hetero) is 1. The minimum absolute atomic E-state index is 0.00148. The third-order valence-corrected chi connectivity index (χ3v) is 2.16. The standard InChI is InChI=1S/C10H13BO3/c1-6(12)7-4-8(13-2)10(11)9(5-7)14-3/h4-5H,11H2,1-3H3. The molecule has 1 aromatic rings. The molecule has 0 amide bonds. The second kappa shape index (κ2) is 4.18. The van der Waals surface area contributed by atoms with Crippen LogP contribution >= 0.6 is 0 Å². The van der Waals surface area contributed by atoms with Crippen molar-refractivity contribution in [3.05, 3.63) is 17.7 Å². The summed E-state index contributed by atoms with van der Waals surface area (Å²) in [5, 5.41) is 0. The van der Waals surface area contributed by atoms with Gasteiger partial charge in [-0.15, -0.1) is 0 Å². The first-order chi connectivity index (χ1) is 6.60. The zero-order valence-electron chi connectivity index (χ0n) is 8.88. The lowest BCUT2D eigenvalue weighted by atomic mass is 9.91. The van der Waals surface area contributed by atoms with Gasteiger partial charge in [0.15, 0.2) is 5.78 Å². The number of ketones is 1. The molecule has 0 bridgehead atoms. The molecule has 0 saturated heterocycles. The molecule has 0 saturated carbocycles. The summed E-state index contributed by atoms with van der Waals surface area (Å²) in [4.78, 5) is 11.2. The highest BCUT2D eigenvalue weighted by molar-refractivity contribution is 6.36. The van der Waals surface area contributed by atoms with E-state index in [1.807, 2.05) is 7.85 Å². The Morgan fingerprint density at radius 1 is 1.21 bits per heavy atom. The number of carbonyl (C=O) groups is 1. The number of ether oxygens (including phenoxy) is 2. The molecule has 0 radical (unpaired) electrons. The van der Waals surface area contributed by atoms with Gasteiger partial charge < -0.3 is 9.47 Å². The first kappa shape index (κ1) is 10.6. The van der Waals surface area contributed by atoms with E-state index in [4.69, 9.17) is 9.47 Å². The van der Waals surface area contributed by atoms with Crippen molar-refractivity contribution in [1.82, 2.24) is 0 Å². The number of hydrogen-bond acceptors (Lipinski definition) is 3. The molecule has 0 unspecified atom stereocenters. The van der Waals surface area contributed by atoms with Crippen molar-refractivity contribution in [1.29, 1.82) is 0 Å². The summed E-state index contributed by atoms with van der Waals surface area (Å²) in [6.07, 6.45) is 0. The molecule has 0 heterocycles. The van der Waals surface area contributed by atoms with Crippen LogP contribution in [0.3, 0.4) is 0 Å². The molecule has 14 heavy (non-hydrogen) atoms. The highest BCUT2D eigenvalue weighted by Gasteiger charge is 2.09. The number of methoxy groups -OCH3 is 2. The quantitative estimate of drug-likeness (QED) is 0.505. The molecule has 0 aromatic heterocycles. The molecule has 1 rings (SSSR count). The van der Waals surface area contributed by atoms with Crippen LogP contribution in [0.1, 0.15) is 17.3 Å². The fourth-order valence-corrected chi connectivity index (χ4v) is 1.29. The summed E-state index contributed by atoms with van der Waals surface area (Å²) < 4.78 is 10.3. The lowest BCUT2D eigenvalue weighted by Gasteiger charge is -2.11.